The Bertz CT molecular complexity index is 309. The molecule has 7 nitrogen and oxygen atoms in total. The van der Waals surface area contributed by atoms with E-state index in [-0.39, 0.29) is 36.4 Å². The van der Waals surface area contributed by atoms with Crippen LogP contribution in [0.25, 0.3) is 0 Å². The molecule has 0 aromatic rings. The van der Waals surface area contributed by atoms with Crippen LogP contribution in [0.5, 0.6) is 0 Å². The molecule has 0 aromatic carbocycles. The van der Waals surface area contributed by atoms with Crippen LogP contribution in [0.4, 0.5) is 0 Å². The Labute approximate surface area is 144 Å². The highest BCUT2D eigenvalue weighted by molar-refractivity contribution is 14.0. The molecule has 1 aliphatic heterocycles. The summed E-state index contributed by atoms with van der Waals surface area (Å²) in [5.74, 6) is 0.646. The van der Waals surface area contributed by atoms with Crippen LogP contribution in [0.15, 0.2) is 4.99 Å². The molecule has 21 heavy (non-hydrogen) atoms. The molecule has 1 rings (SSSR count). The summed E-state index contributed by atoms with van der Waals surface area (Å²) in [5, 5.41) is 9.02. The van der Waals surface area contributed by atoms with E-state index in [0.717, 1.165) is 45.8 Å². The number of morpholine rings is 1. The Balaban J connectivity index is 0.00000400. The zero-order chi connectivity index (χ0) is 14.6. The standard InChI is InChI=1S/C13H27N5O2.HI/c1-3-4-15-12(19)11-17-13(14-2)16-5-6-18-7-9-20-10-8-18;/h3-11H2,1-2H3,(H,15,19)(H2,14,16,17);1H. The molecule has 1 fully saturated rings. The van der Waals surface area contributed by atoms with Gasteiger partial charge in [-0.15, -0.1) is 24.0 Å². The number of ether oxygens (including phenoxy) is 1. The first-order valence-corrected chi connectivity index (χ1v) is 7.27. The van der Waals surface area contributed by atoms with Crippen LogP contribution in [0.1, 0.15) is 13.3 Å². The van der Waals surface area contributed by atoms with Gasteiger partial charge < -0.3 is 20.7 Å². The molecule has 124 valence electrons. The van der Waals surface area contributed by atoms with E-state index in [1.807, 2.05) is 6.92 Å². The van der Waals surface area contributed by atoms with Crippen molar-refractivity contribution >= 4 is 35.8 Å². The molecular weight excluding hydrogens is 385 g/mol. The molecular formula is C13H28IN5O2. The molecule has 0 bridgehead atoms. The Morgan fingerprint density at radius 2 is 1.90 bits per heavy atom. The van der Waals surface area contributed by atoms with Crippen molar-refractivity contribution in [3.63, 3.8) is 0 Å². The highest BCUT2D eigenvalue weighted by atomic mass is 127. The quantitative estimate of drug-likeness (QED) is 0.302. The number of nitrogens with zero attached hydrogens (tertiary/aromatic N) is 2. The van der Waals surface area contributed by atoms with Gasteiger partial charge in [-0.1, -0.05) is 6.92 Å². The fourth-order valence-corrected chi connectivity index (χ4v) is 1.87. The van der Waals surface area contributed by atoms with Crippen molar-refractivity contribution in [3.8, 4) is 0 Å². The molecule has 1 saturated heterocycles. The average molecular weight is 413 g/mol. The summed E-state index contributed by atoms with van der Waals surface area (Å²) in [6.45, 7) is 8.32. The first-order valence-electron chi connectivity index (χ1n) is 7.27. The predicted molar refractivity (Wildman–Crippen MR) is 95.3 cm³/mol. The number of carbonyl (C=O) groups is 1. The molecule has 8 heteroatoms. The highest BCUT2D eigenvalue weighted by Crippen LogP contribution is 1.94. The maximum Gasteiger partial charge on any atom is 0.239 e. The minimum absolute atomic E-state index is 0. The average Bonchev–Trinajstić information content (AvgIpc) is 2.49. The van der Waals surface area contributed by atoms with Gasteiger partial charge in [0.15, 0.2) is 5.96 Å². The van der Waals surface area contributed by atoms with Crippen molar-refractivity contribution in [1.29, 1.82) is 0 Å². The lowest BCUT2D eigenvalue weighted by Crippen LogP contribution is -2.46. The molecule has 0 atom stereocenters. The summed E-state index contributed by atoms with van der Waals surface area (Å²) in [6.07, 6.45) is 0.943. The van der Waals surface area contributed by atoms with Crippen LogP contribution in [-0.4, -0.2) is 76.3 Å². The number of halogens is 1. The molecule has 0 aliphatic carbocycles. The number of nitrogens with one attached hydrogen (secondary N) is 3. The van der Waals surface area contributed by atoms with E-state index in [2.05, 4.69) is 25.8 Å². The van der Waals surface area contributed by atoms with Crippen molar-refractivity contribution in [1.82, 2.24) is 20.9 Å². The lowest BCUT2D eigenvalue weighted by atomic mass is 10.4. The van der Waals surface area contributed by atoms with Gasteiger partial charge in [-0.2, -0.15) is 0 Å². The van der Waals surface area contributed by atoms with Gasteiger partial charge in [-0.25, -0.2) is 0 Å². The molecule has 0 unspecified atom stereocenters. The van der Waals surface area contributed by atoms with Gasteiger partial charge in [0.05, 0.1) is 19.8 Å². The third kappa shape index (κ3) is 9.86. The number of hydrogen-bond donors (Lipinski definition) is 3. The monoisotopic (exact) mass is 413 g/mol. The maximum absolute atomic E-state index is 11.5. The number of amides is 1. The van der Waals surface area contributed by atoms with Gasteiger partial charge in [0.2, 0.25) is 5.91 Å². The molecule has 0 aromatic heterocycles. The van der Waals surface area contributed by atoms with Crippen molar-refractivity contribution < 1.29 is 9.53 Å². The maximum atomic E-state index is 11.5. The number of carbonyl (C=O) groups excluding carboxylic acids is 1. The van der Waals surface area contributed by atoms with Gasteiger partial charge in [0.25, 0.3) is 0 Å². The Hall–Kier alpha value is -0.610. The van der Waals surface area contributed by atoms with Crippen LogP contribution in [0.2, 0.25) is 0 Å². The van der Waals surface area contributed by atoms with Crippen molar-refractivity contribution in [2.75, 3.05) is 59.5 Å². The van der Waals surface area contributed by atoms with Crippen LogP contribution in [-0.2, 0) is 9.53 Å². The zero-order valence-electron chi connectivity index (χ0n) is 13.0. The minimum Gasteiger partial charge on any atom is -0.379 e. The topological polar surface area (TPSA) is 78.0 Å². The molecule has 0 saturated carbocycles. The van der Waals surface area contributed by atoms with Gasteiger partial charge in [-0.3, -0.25) is 14.7 Å². The number of aliphatic imine (C=N–C) groups is 1. The molecule has 1 aliphatic rings. The molecule has 0 radical (unpaired) electrons. The molecule has 0 spiro atoms. The third-order valence-electron chi connectivity index (χ3n) is 3.04. The van der Waals surface area contributed by atoms with Gasteiger partial charge >= 0.3 is 0 Å². The van der Waals surface area contributed by atoms with E-state index in [0.29, 0.717) is 12.5 Å². The van der Waals surface area contributed by atoms with Crippen LogP contribution >= 0.6 is 24.0 Å². The van der Waals surface area contributed by atoms with Gasteiger partial charge in [-0.05, 0) is 6.42 Å². The minimum atomic E-state index is -0.0111. The summed E-state index contributed by atoms with van der Waals surface area (Å²) in [7, 11) is 1.70. The number of hydrogen-bond acceptors (Lipinski definition) is 4. The smallest absolute Gasteiger partial charge is 0.239 e. The van der Waals surface area contributed by atoms with E-state index in [1.165, 1.54) is 0 Å². The summed E-state index contributed by atoms with van der Waals surface area (Å²) in [6, 6.07) is 0. The van der Waals surface area contributed by atoms with Crippen LogP contribution in [0, 0.1) is 0 Å². The first-order chi connectivity index (χ1) is 9.76. The van der Waals surface area contributed by atoms with Crippen LogP contribution in [0.3, 0.4) is 0 Å². The Morgan fingerprint density at radius 3 is 2.52 bits per heavy atom. The largest absolute Gasteiger partial charge is 0.379 e. The Morgan fingerprint density at radius 1 is 1.19 bits per heavy atom. The van der Waals surface area contributed by atoms with Crippen molar-refractivity contribution in [2.24, 2.45) is 4.99 Å². The molecule has 3 N–H and O–H groups in total. The second-order valence-corrected chi connectivity index (χ2v) is 4.66. The third-order valence-corrected chi connectivity index (χ3v) is 3.04. The van der Waals surface area contributed by atoms with E-state index < -0.39 is 0 Å². The van der Waals surface area contributed by atoms with Gasteiger partial charge in [0.1, 0.15) is 0 Å². The SMILES string of the molecule is CCCNC(=O)CNC(=NC)NCCN1CCOCC1.I. The second-order valence-electron chi connectivity index (χ2n) is 4.66. The summed E-state index contributed by atoms with van der Waals surface area (Å²) < 4.78 is 5.30. The van der Waals surface area contributed by atoms with E-state index in [1.54, 1.807) is 7.05 Å². The fraction of sp³-hybridized carbons (Fsp3) is 0.846. The highest BCUT2D eigenvalue weighted by Gasteiger charge is 2.09. The normalized spacial score (nSPS) is 16.0. The molecule has 1 heterocycles. The van der Waals surface area contributed by atoms with Crippen LogP contribution < -0.4 is 16.0 Å². The van der Waals surface area contributed by atoms with Gasteiger partial charge in [0, 0.05) is 39.8 Å². The second kappa shape index (κ2) is 13.1. The van der Waals surface area contributed by atoms with Crippen molar-refractivity contribution in [2.45, 2.75) is 13.3 Å². The predicted octanol–water partition coefficient (Wildman–Crippen LogP) is -0.372. The zero-order valence-corrected chi connectivity index (χ0v) is 15.3. The number of guanidine groups is 1. The Kier molecular flexibility index (Phi) is 12.7. The lowest BCUT2D eigenvalue weighted by molar-refractivity contribution is -0.120. The summed E-state index contributed by atoms with van der Waals surface area (Å²) >= 11 is 0. The molecule has 1 amide bonds. The lowest BCUT2D eigenvalue weighted by Gasteiger charge is -2.26. The van der Waals surface area contributed by atoms with E-state index in [4.69, 9.17) is 4.74 Å². The number of rotatable bonds is 7. The van der Waals surface area contributed by atoms with Crippen molar-refractivity contribution in [3.05, 3.63) is 0 Å². The summed E-state index contributed by atoms with van der Waals surface area (Å²) in [4.78, 5) is 17.9. The summed E-state index contributed by atoms with van der Waals surface area (Å²) in [5.41, 5.74) is 0. The first kappa shape index (κ1) is 20.4. The van der Waals surface area contributed by atoms with E-state index in [9.17, 15) is 4.79 Å². The van der Waals surface area contributed by atoms with E-state index >= 15 is 0 Å². The fourth-order valence-electron chi connectivity index (χ4n) is 1.87.